The van der Waals surface area contributed by atoms with E-state index in [9.17, 15) is 9.59 Å². The maximum Gasteiger partial charge on any atom is 0.225 e. The van der Waals surface area contributed by atoms with Gasteiger partial charge in [-0.25, -0.2) is 0 Å². The first-order chi connectivity index (χ1) is 7.90. The third-order valence-corrected chi connectivity index (χ3v) is 2.86. The van der Waals surface area contributed by atoms with Crippen LogP contribution in [0, 0.1) is 17.8 Å². The van der Waals surface area contributed by atoms with Crippen molar-refractivity contribution in [1.82, 2.24) is 10.2 Å². The van der Waals surface area contributed by atoms with Crippen LogP contribution in [0.1, 0.15) is 34.1 Å². The van der Waals surface area contributed by atoms with Crippen molar-refractivity contribution in [2.45, 2.75) is 34.1 Å². The summed E-state index contributed by atoms with van der Waals surface area (Å²) in [7, 11) is 0. The van der Waals surface area contributed by atoms with E-state index in [0.29, 0.717) is 31.3 Å². The Morgan fingerprint density at radius 2 is 2.00 bits per heavy atom. The number of carbonyl (C=O) groups is 2. The molecule has 0 saturated carbocycles. The van der Waals surface area contributed by atoms with Gasteiger partial charge in [-0.3, -0.25) is 9.59 Å². The third kappa shape index (κ3) is 4.36. The number of hydrogen-bond donors (Lipinski definition) is 1. The van der Waals surface area contributed by atoms with E-state index in [1.807, 2.05) is 4.90 Å². The molecular formula is C13H24N2O2. The van der Waals surface area contributed by atoms with Gasteiger partial charge in [0.25, 0.3) is 0 Å². The molecule has 0 aromatic rings. The van der Waals surface area contributed by atoms with Crippen molar-refractivity contribution in [2.75, 3.05) is 19.6 Å². The first-order valence-corrected chi connectivity index (χ1v) is 6.45. The second-order valence-corrected chi connectivity index (χ2v) is 5.73. The molecule has 1 aliphatic rings. The van der Waals surface area contributed by atoms with Gasteiger partial charge in [0.05, 0.1) is 5.92 Å². The number of amides is 2. The molecule has 1 N–H and O–H groups in total. The van der Waals surface area contributed by atoms with E-state index in [4.69, 9.17) is 0 Å². The van der Waals surface area contributed by atoms with Crippen LogP contribution < -0.4 is 5.32 Å². The summed E-state index contributed by atoms with van der Waals surface area (Å²) < 4.78 is 0. The van der Waals surface area contributed by atoms with Gasteiger partial charge in [0, 0.05) is 26.1 Å². The van der Waals surface area contributed by atoms with Gasteiger partial charge >= 0.3 is 0 Å². The summed E-state index contributed by atoms with van der Waals surface area (Å²) in [5.74, 6) is 0.890. The molecular weight excluding hydrogens is 216 g/mol. The molecule has 98 valence electrons. The summed E-state index contributed by atoms with van der Waals surface area (Å²) in [6, 6.07) is 0. The van der Waals surface area contributed by atoms with Gasteiger partial charge in [0.2, 0.25) is 11.8 Å². The number of nitrogens with one attached hydrogen (secondary N) is 1. The molecule has 0 spiro atoms. The van der Waals surface area contributed by atoms with Crippen molar-refractivity contribution in [3.63, 3.8) is 0 Å². The summed E-state index contributed by atoms with van der Waals surface area (Å²) in [6.07, 6.45) is 0.372. The molecule has 4 heteroatoms. The zero-order valence-electron chi connectivity index (χ0n) is 11.3. The molecule has 0 aromatic carbocycles. The van der Waals surface area contributed by atoms with Crippen LogP contribution in [0.5, 0.6) is 0 Å². The smallest absolute Gasteiger partial charge is 0.225 e. The Kier molecular flexibility index (Phi) is 4.97. The quantitative estimate of drug-likeness (QED) is 0.786. The van der Waals surface area contributed by atoms with Gasteiger partial charge in [0.15, 0.2) is 0 Å². The molecule has 0 radical (unpaired) electrons. The average Bonchev–Trinajstić information content (AvgIpc) is 2.56. The second-order valence-electron chi connectivity index (χ2n) is 5.73. The SMILES string of the molecule is CC(C)CNC(=O)[C@H]1CC(=O)N(CC(C)C)C1. The Morgan fingerprint density at radius 1 is 1.35 bits per heavy atom. The fourth-order valence-electron chi connectivity index (χ4n) is 2.01. The number of nitrogens with zero attached hydrogens (tertiary/aromatic N) is 1. The van der Waals surface area contributed by atoms with Crippen LogP contribution in [0.3, 0.4) is 0 Å². The second kappa shape index (κ2) is 6.03. The molecule has 0 aromatic heterocycles. The van der Waals surface area contributed by atoms with Crippen LogP contribution in [0.4, 0.5) is 0 Å². The summed E-state index contributed by atoms with van der Waals surface area (Å²) in [5.41, 5.74) is 0. The molecule has 1 saturated heterocycles. The lowest BCUT2D eigenvalue weighted by Crippen LogP contribution is -2.35. The molecule has 1 heterocycles. The Bertz CT molecular complexity index is 287. The summed E-state index contributed by atoms with van der Waals surface area (Å²) in [4.78, 5) is 25.4. The standard InChI is InChI=1S/C13H24N2O2/c1-9(2)6-14-13(17)11-5-12(16)15(8-11)7-10(3)4/h9-11H,5-8H2,1-4H3,(H,14,17)/t11-/m0/s1. The fraction of sp³-hybridized carbons (Fsp3) is 0.846. The Morgan fingerprint density at radius 3 is 2.53 bits per heavy atom. The lowest BCUT2D eigenvalue weighted by molar-refractivity contribution is -0.129. The average molecular weight is 240 g/mol. The van der Waals surface area contributed by atoms with Crippen LogP contribution in [0.15, 0.2) is 0 Å². The van der Waals surface area contributed by atoms with Gasteiger partial charge in [-0.05, 0) is 11.8 Å². The summed E-state index contributed by atoms with van der Waals surface area (Å²) in [5, 5.41) is 2.90. The van der Waals surface area contributed by atoms with Crippen molar-refractivity contribution in [3.8, 4) is 0 Å². The van der Waals surface area contributed by atoms with Gasteiger partial charge in [-0.1, -0.05) is 27.7 Å². The highest BCUT2D eigenvalue weighted by molar-refractivity contribution is 5.89. The topological polar surface area (TPSA) is 49.4 Å². The van der Waals surface area contributed by atoms with Gasteiger partial charge in [0.1, 0.15) is 0 Å². The van der Waals surface area contributed by atoms with Crippen LogP contribution >= 0.6 is 0 Å². The molecule has 1 atom stereocenters. The highest BCUT2D eigenvalue weighted by Gasteiger charge is 2.34. The van der Waals surface area contributed by atoms with Crippen molar-refractivity contribution in [3.05, 3.63) is 0 Å². The summed E-state index contributed by atoms with van der Waals surface area (Å²) >= 11 is 0. The number of likely N-dealkylation sites (tertiary alicyclic amines) is 1. The number of hydrogen-bond acceptors (Lipinski definition) is 2. The van der Waals surface area contributed by atoms with E-state index in [-0.39, 0.29) is 17.7 Å². The minimum Gasteiger partial charge on any atom is -0.356 e. The minimum absolute atomic E-state index is 0.0262. The molecule has 0 aliphatic carbocycles. The van der Waals surface area contributed by atoms with Crippen LogP contribution in [-0.2, 0) is 9.59 Å². The zero-order valence-corrected chi connectivity index (χ0v) is 11.3. The Labute approximate surface area is 104 Å². The predicted octanol–water partition coefficient (Wildman–Crippen LogP) is 1.26. The maximum absolute atomic E-state index is 11.8. The minimum atomic E-state index is -0.153. The zero-order chi connectivity index (χ0) is 13.0. The largest absolute Gasteiger partial charge is 0.356 e. The van der Waals surface area contributed by atoms with Gasteiger partial charge < -0.3 is 10.2 Å². The van der Waals surface area contributed by atoms with E-state index in [1.165, 1.54) is 0 Å². The van der Waals surface area contributed by atoms with Crippen molar-refractivity contribution in [1.29, 1.82) is 0 Å². The molecule has 1 fully saturated rings. The van der Waals surface area contributed by atoms with Crippen molar-refractivity contribution in [2.24, 2.45) is 17.8 Å². The molecule has 1 aliphatic heterocycles. The first-order valence-electron chi connectivity index (χ1n) is 6.45. The van der Waals surface area contributed by atoms with E-state index in [1.54, 1.807) is 0 Å². The lowest BCUT2D eigenvalue weighted by atomic mass is 10.1. The Balaban J connectivity index is 2.42. The van der Waals surface area contributed by atoms with E-state index in [0.717, 1.165) is 6.54 Å². The predicted molar refractivity (Wildman–Crippen MR) is 67.4 cm³/mol. The molecule has 1 rings (SSSR count). The molecule has 4 nitrogen and oxygen atoms in total. The van der Waals surface area contributed by atoms with Crippen LogP contribution in [-0.4, -0.2) is 36.3 Å². The fourth-order valence-corrected chi connectivity index (χ4v) is 2.01. The third-order valence-electron chi connectivity index (χ3n) is 2.86. The highest BCUT2D eigenvalue weighted by Crippen LogP contribution is 2.19. The van der Waals surface area contributed by atoms with Gasteiger partial charge in [-0.2, -0.15) is 0 Å². The molecule has 0 bridgehead atoms. The summed E-state index contributed by atoms with van der Waals surface area (Å²) in [6.45, 7) is 10.3. The molecule has 17 heavy (non-hydrogen) atoms. The first kappa shape index (κ1) is 14.0. The van der Waals surface area contributed by atoms with E-state index < -0.39 is 0 Å². The number of carbonyl (C=O) groups excluding carboxylic acids is 2. The van der Waals surface area contributed by atoms with Crippen molar-refractivity contribution >= 4 is 11.8 Å². The van der Waals surface area contributed by atoms with Crippen LogP contribution in [0.2, 0.25) is 0 Å². The maximum atomic E-state index is 11.8. The van der Waals surface area contributed by atoms with Gasteiger partial charge in [-0.15, -0.1) is 0 Å². The number of rotatable bonds is 5. The van der Waals surface area contributed by atoms with Crippen LogP contribution in [0.25, 0.3) is 0 Å². The highest BCUT2D eigenvalue weighted by atomic mass is 16.2. The Hall–Kier alpha value is -1.06. The normalized spacial score (nSPS) is 20.5. The monoisotopic (exact) mass is 240 g/mol. The lowest BCUT2D eigenvalue weighted by Gasteiger charge is -2.18. The molecule has 2 amide bonds. The molecule has 0 unspecified atom stereocenters. The van der Waals surface area contributed by atoms with Crippen molar-refractivity contribution < 1.29 is 9.59 Å². The van der Waals surface area contributed by atoms with E-state index in [2.05, 4.69) is 33.0 Å². The van der Waals surface area contributed by atoms with E-state index >= 15 is 0 Å².